The maximum atomic E-state index is 10.4. The predicted molar refractivity (Wildman–Crippen MR) is 59.8 cm³/mol. The zero-order valence-electron chi connectivity index (χ0n) is 8.23. The summed E-state index contributed by atoms with van der Waals surface area (Å²) >= 11 is 1.97. The quantitative estimate of drug-likeness (QED) is 0.711. The first-order valence-corrected chi connectivity index (χ1v) is 6.15. The molecule has 0 radical (unpaired) electrons. The highest BCUT2D eigenvalue weighted by Crippen LogP contribution is 2.52. The molecular weight excluding hydrogens is 192 g/mol. The summed E-state index contributed by atoms with van der Waals surface area (Å²) in [5.74, 6) is 1.58. The molecule has 0 amide bonds. The summed E-state index contributed by atoms with van der Waals surface area (Å²) in [6, 6.07) is 8.48. The number of hydrogen-bond donors (Lipinski definition) is 1. The fourth-order valence-electron chi connectivity index (χ4n) is 2.68. The van der Waals surface area contributed by atoms with E-state index in [1.54, 1.807) is 0 Å². The number of rotatable bonds is 1. The van der Waals surface area contributed by atoms with Crippen LogP contribution in [0, 0.1) is 0 Å². The van der Waals surface area contributed by atoms with Gasteiger partial charge in [-0.25, -0.2) is 0 Å². The van der Waals surface area contributed by atoms with Gasteiger partial charge in [0, 0.05) is 23.3 Å². The maximum absolute atomic E-state index is 10.4. The number of hydrogen-bond acceptors (Lipinski definition) is 2. The van der Waals surface area contributed by atoms with E-state index >= 15 is 0 Å². The van der Waals surface area contributed by atoms with E-state index in [9.17, 15) is 5.11 Å². The molecule has 1 aromatic rings. The molecule has 1 saturated heterocycles. The summed E-state index contributed by atoms with van der Waals surface area (Å²) < 4.78 is 0. The van der Waals surface area contributed by atoms with Crippen LogP contribution in [0.15, 0.2) is 24.3 Å². The van der Waals surface area contributed by atoms with E-state index in [1.807, 2.05) is 18.7 Å². The van der Waals surface area contributed by atoms with Crippen LogP contribution in [0.25, 0.3) is 0 Å². The van der Waals surface area contributed by atoms with Crippen molar-refractivity contribution in [3.63, 3.8) is 0 Å². The summed E-state index contributed by atoms with van der Waals surface area (Å²) in [4.78, 5) is 0. The Morgan fingerprint density at radius 1 is 1.43 bits per heavy atom. The van der Waals surface area contributed by atoms with Crippen LogP contribution in [-0.2, 0) is 6.42 Å². The van der Waals surface area contributed by atoms with E-state index in [0.717, 1.165) is 6.42 Å². The van der Waals surface area contributed by atoms with E-state index < -0.39 is 5.60 Å². The van der Waals surface area contributed by atoms with Gasteiger partial charge in [0.15, 0.2) is 0 Å². The molecule has 1 aliphatic heterocycles. The van der Waals surface area contributed by atoms with Gasteiger partial charge in [-0.05, 0) is 18.1 Å². The van der Waals surface area contributed by atoms with Crippen LogP contribution in [0.1, 0.15) is 24.0 Å². The first kappa shape index (κ1) is 8.81. The van der Waals surface area contributed by atoms with Gasteiger partial charge in [0.2, 0.25) is 0 Å². The Hall–Kier alpha value is -0.470. The van der Waals surface area contributed by atoms with Gasteiger partial charge in [0.25, 0.3) is 0 Å². The van der Waals surface area contributed by atoms with Crippen LogP contribution in [0.4, 0.5) is 0 Å². The smallest absolute Gasteiger partial charge is 0.0739 e. The molecule has 2 heteroatoms. The fourth-order valence-corrected chi connectivity index (χ4v) is 3.61. The van der Waals surface area contributed by atoms with Crippen molar-refractivity contribution in [3.8, 4) is 0 Å². The largest absolute Gasteiger partial charge is 0.389 e. The lowest BCUT2D eigenvalue weighted by atomic mass is 9.88. The molecule has 1 heterocycles. The number of thioether (sulfide) groups is 1. The van der Waals surface area contributed by atoms with Crippen molar-refractivity contribution in [3.05, 3.63) is 35.4 Å². The third-order valence-electron chi connectivity index (χ3n) is 3.34. The van der Waals surface area contributed by atoms with Crippen LogP contribution in [0.5, 0.6) is 0 Å². The molecule has 1 fully saturated rings. The molecule has 1 N–H and O–H groups in total. The second-order valence-electron chi connectivity index (χ2n) is 4.58. The van der Waals surface area contributed by atoms with Crippen LogP contribution < -0.4 is 0 Å². The first-order chi connectivity index (χ1) is 6.68. The minimum atomic E-state index is -0.516. The van der Waals surface area contributed by atoms with Gasteiger partial charge < -0.3 is 5.11 Å². The Labute approximate surface area is 88.5 Å². The molecule has 2 aliphatic rings. The number of aliphatic hydroxyl groups is 1. The molecule has 1 nitrogen and oxygen atoms in total. The fraction of sp³-hybridized carbons (Fsp3) is 0.500. The normalized spacial score (nSPS) is 39.6. The monoisotopic (exact) mass is 206 g/mol. The second kappa shape index (κ2) is 2.77. The van der Waals surface area contributed by atoms with Crippen LogP contribution in [-0.4, -0.2) is 21.7 Å². The van der Waals surface area contributed by atoms with Crippen molar-refractivity contribution in [2.75, 3.05) is 5.75 Å². The summed E-state index contributed by atoms with van der Waals surface area (Å²) in [5.41, 5.74) is 2.21. The Balaban J connectivity index is 2.08. The minimum absolute atomic E-state index is 0.365. The zero-order valence-corrected chi connectivity index (χ0v) is 9.05. The van der Waals surface area contributed by atoms with Crippen molar-refractivity contribution in [2.45, 2.75) is 30.1 Å². The van der Waals surface area contributed by atoms with Crippen molar-refractivity contribution in [2.24, 2.45) is 0 Å². The molecule has 0 aromatic heterocycles. The topological polar surface area (TPSA) is 20.2 Å². The van der Waals surface area contributed by atoms with Gasteiger partial charge in [-0.1, -0.05) is 24.3 Å². The maximum Gasteiger partial charge on any atom is 0.0739 e. The van der Waals surface area contributed by atoms with Crippen LogP contribution >= 0.6 is 11.8 Å². The van der Waals surface area contributed by atoms with E-state index in [0.29, 0.717) is 11.2 Å². The van der Waals surface area contributed by atoms with Crippen molar-refractivity contribution < 1.29 is 5.11 Å². The number of fused-ring (bicyclic) bond motifs is 1. The molecule has 0 bridgehead atoms. The van der Waals surface area contributed by atoms with Crippen molar-refractivity contribution in [1.29, 1.82) is 0 Å². The van der Waals surface area contributed by atoms with Crippen molar-refractivity contribution in [1.82, 2.24) is 0 Å². The second-order valence-corrected chi connectivity index (χ2v) is 5.85. The molecule has 3 atom stereocenters. The Morgan fingerprint density at radius 2 is 2.14 bits per heavy atom. The summed E-state index contributed by atoms with van der Waals surface area (Å²) in [7, 11) is 0. The first-order valence-electron chi connectivity index (χ1n) is 5.10. The zero-order chi connectivity index (χ0) is 9.76. The molecule has 3 rings (SSSR count). The van der Waals surface area contributed by atoms with Gasteiger partial charge in [0.05, 0.1) is 5.60 Å². The lowest BCUT2D eigenvalue weighted by Crippen LogP contribution is -2.32. The highest BCUT2D eigenvalue weighted by atomic mass is 32.2. The molecule has 74 valence electrons. The van der Waals surface area contributed by atoms with Gasteiger partial charge in [-0.2, -0.15) is 11.8 Å². The lowest BCUT2D eigenvalue weighted by molar-refractivity contribution is 0.0458. The molecule has 0 saturated carbocycles. The average Bonchev–Trinajstić information content (AvgIpc) is 2.88. The molecule has 1 aromatic carbocycles. The van der Waals surface area contributed by atoms with E-state index in [1.165, 1.54) is 16.9 Å². The van der Waals surface area contributed by atoms with E-state index in [2.05, 4.69) is 24.3 Å². The molecular formula is C12H14OS. The van der Waals surface area contributed by atoms with Gasteiger partial charge >= 0.3 is 0 Å². The van der Waals surface area contributed by atoms with Crippen LogP contribution in [0.3, 0.4) is 0 Å². The molecule has 1 aliphatic carbocycles. The average molecular weight is 206 g/mol. The van der Waals surface area contributed by atoms with Gasteiger partial charge in [0.1, 0.15) is 0 Å². The Kier molecular flexibility index (Phi) is 1.74. The summed E-state index contributed by atoms with van der Waals surface area (Å²) in [6.45, 7) is 1.98. The van der Waals surface area contributed by atoms with Gasteiger partial charge in [-0.3, -0.25) is 0 Å². The summed E-state index contributed by atoms with van der Waals surface area (Å²) in [5, 5.41) is 11.0. The van der Waals surface area contributed by atoms with E-state index in [4.69, 9.17) is 0 Å². The van der Waals surface area contributed by atoms with E-state index in [-0.39, 0.29) is 0 Å². The highest BCUT2D eigenvalue weighted by Gasteiger charge is 2.49. The SMILES string of the molecule is C[C@@]1(O)Cc2ccccc2[C@@H]1C1CS1. The Bertz CT molecular complexity index is 368. The molecule has 1 unspecified atom stereocenters. The number of benzene rings is 1. The standard InChI is InChI=1S/C12H14OS/c1-12(13)6-8-4-2-3-5-9(8)11(12)10-7-14-10/h2-5,10-11,13H,6-7H2,1H3/t10?,11-,12-/m1/s1. The predicted octanol–water partition coefficient (Wildman–Crippen LogP) is 2.19. The minimum Gasteiger partial charge on any atom is -0.389 e. The van der Waals surface area contributed by atoms with Crippen molar-refractivity contribution >= 4 is 11.8 Å². The molecule has 0 spiro atoms. The van der Waals surface area contributed by atoms with Gasteiger partial charge in [-0.15, -0.1) is 0 Å². The third-order valence-corrected chi connectivity index (χ3v) is 4.33. The summed E-state index contributed by atoms with van der Waals surface area (Å²) in [6.07, 6.45) is 0.824. The third kappa shape index (κ3) is 1.21. The Morgan fingerprint density at radius 3 is 2.86 bits per heavy atom. The van der Waals surface area contributed by atoms with Crippen LogP contribution in [0.2, 0.25) is 0 Å². The lowest BCUT2D eigenvalue weighted by Gasteiger charge is -2.25. The molecule has 14 heavy (non-hydrogen) atoms. The highest BCUT2D eigenvalue weighted by molar-refractivity contribution is 8.06.